The predicted molar refractivity (Wildman–Crippen MR) is 88.3 cm³/mol. The van der Waals surface area contributed by atoms with Crippen LogP contribution < -0.4 is 14.8 Å². The minimum absolute atomic E-state index is 0.147. The zero-order chi connectivity index (χ0) is 15.6. The van der Waals surface area contributed by atoms with Crippen LogP contribution in [0, 0.1) is 0 Å². The van der Waals surface area contributed by atoms with Gasteiger partial charge in [-0.15, -0.1) is 0 Å². The SMILES string of the molecule is COc1ccc(CNC2CC(C)(C)Oc3ccccc32)cc1. The lowest BCUT2D eigenvalue weighted by Gasteiger charge is -2.38. The Kier molecular flexibility index (Phi) is 4.08. The molecule has 1 N–H and O–H groups in total. The van der Waals surface area contributed by atoms with Crippen LogP contribution in [0.15, 0.2) is 48.5 Å². The van der Waals surface area contributed by atoms with Crippen LogP contribution in [0.2, 0.25) is 0 Å². The third-order valence-electron chi connectivity index (χ3n) is 4.09. The fourth-order valence-electron chi connectivity index (χ4n) is 2.97. The molecule has 2 aromatic rings. The Balaban J connectivity index is 1.74. The first-order valence-corrected chi connectivity index (χ1v) is 7.72. The molecule has 3 heteroatoms. The van der Waals surface area contributed by atoms with Crippen LogP contribution in [0.1, 0.15) is 37.4 Å². The van der Waals surface area contributed by atoms with Crippen molar-refractivity contribution in [2.75, 3.05) is 7.11 Å². The minimum atomic E-state index is -0.147. The fourth-order valence-corrected chi connectivity index (χ4v) is 2.97. The van der Waals surface area contributed by atoms with Crippen LogP contribution in [0.4, 0.5) is 0 Å². The molecule has 116 valence electrons. The van der Waals surface area contributed by atoms with Gasteiger partial charge in [0.15, 0.2) is 0 Å². The average molecular weight is 297 g/mol. The zero-order valence-corrected chi connectivity index (χ0v) is 13.4. The Labute approximate surface area is 132 Å². The fraction of sp³-hybridized carbons (Fsp3) is 0.368. The lowest BCUT2D eigenvalue weighted by atomic mass is 9.89. The molecule has 2 aromatic carbocycles. The maximum absolute atomic E-state index is 6.08. The van der Waals surface area contributed by atoms with Gasteiger partial charge in [0.1, 0.15) is 17.1 Å². The number of benzene rings is 2. The number of nitrogens with one attached hydrogen (secondary N) is 1. The van der Waals surface area contributed by atoms with Gasteiger partial charge in [0.2, 0.25) is 0 Å². The lowest BCUT2D eigenvalue weighted by molar-refractivity contribution is 0.0657. The summed E-state index contributed by atoms with van der Waals surface area (Å²) in [7, 11) is 1.69. The van der Waals surface area contributed by atoms with Gasteiger partial charge >= 0.3 is 0 Å². The summed E-state index contributed by atoms with van der Waals surface area (Å²) in [6.07, 6.45) is 0.959. The summed E-state index contributed by atoms with van der Waals surface area (Å²) < 4.78 is 11.3. The van der Waals surface area contributed by atoms with Gasteiger partial charge in [-0.3, -0.25) is 0 Å². The molecule has 0 aliphatic carbocycles. The van der Waals surface area contributed by atoms with Crippen LogP contribution in [-0.4, -0.2) is 12.7 Å². The Morgan fingerprint density at radius 3 is 2.59 bits per heavy atom. The van der Waals surface area contributed by atoms with E-state index in [1.54, 1.807) is 7.11 Å². The van der Waals surface area contributed by atoms with E-state index in [0.29, 0.717) is 6.04 Å². The maximum Gasteiger partial charge on any atom is 0.124 e. The van der Waals surface area contributed by atoms with Gasteiger partial charge < -0.3 is 14.8 Å². The molecule has 22 heavy (non-hydrogen) atoms. The quantitative estimate of drug-likeness (QED) is 0.922. The molecule has 3 rings (SSSR count). The average Bonchev–Trinajstić information content (AvgIpc) is 2.52. The van der Waals surface area contributed by atoms with Crippen LogP contribution in [0.25, 0.3) is 0 Å². The Morgan fingerprint density at radius 1 is 1.14 bits per heavy atom. The van der Waals surface area contributed by atoms with Crippen LogP contribution >= 0.6 is 0 Å². The number of fused-ring (bicyclic) bond motifs is 1. The van der Waals surface area contributed by atoms with Crippen molar-refractivity contribution in [3.63, 3.8) is 0 Å². The van der Waals surface area contributed by atoms with Crippen molar-refractivity contribution >= 4 is 0 Å². The molecule has 1 aliphatic heterocycles. The summed E-state index contributed by atoms with van der Waals surface area (Å²) >= 11 is 0. The normalized spacial score (nSPS) is 19.1. The van der Waals surface area contributed by atoms with Crippen LogP contribution in [0.3, 0.4) is 0 Å². The molecule has 0 aromatic heterocycles. The number of para-hydroxylation sites is 1. The molecule has 0 saturated carbocycles. The number of hydrogen-bond donors (Lipinski definition) is 1. The van der Waals surface area contributed by atoms with Crippen molar-refractivity contribution in [2.24, 2.45) is 0 Å². The summed E-state index contributed by atoms with van der Waals surface area (Å²) in [6, 6.07) is 16.8. The van der Waals surface area contributed by atoms with E-state index in [4.69, 9.17) is 9.47 Å². The monoisotopic (exact) mass is 297 g/mol. The van der Waals surface area contributed by atoms with Gasteiger partial charge in [0.05, 0.1) is 7.11 Å². The van der Waals surface area contributed by atoms with E-state index < -0.39 is 0 Å². The topological polar surface area (TPSA) is 30.5 Å². The summed E-state index contributed by atoms with van der Waals surface area (Å²) in [5.74, 6) is 1.88. The standard InChI is InChI=1S/C19H23NO2/c1-19(2)12-17(16-6-4-5-7-18(16)22-19)20-13-14-8-10-15(21-3)11-9-14/h4-11,17,20H,12-13H2,1-3H3. The number of ether oxygens (including phenoxy) is 2. The molecule has 1 atom stereocenters. The highest BCUT2D eigenvalue weighted by Gasteiger charge is 2.33. The summed E-state index contributed by atoms with van der Waals surface area (Å²) in [4.78, 5) is 0. The highest BCUT2D eigenvalue weighted by molar-refractivity contribution is 5.38. The molecule has 1 aliphatic rings. The van der Waals surface area contributed by atoms with Crippen molar-refractivity contribution in [3.05, 3.63) is 59.7 Å². The van der Waals surface area contributed by atoms with Crippen molar-refractivity contribution in [1.29, 1.82) is 0 Å². The summed E-state index contributed by atoms with van der Waals surface area (Å²) in [5, 5.41) is 3.67. The first kappa shape index (κ1) is 14.9. The highest BCUT2D eigenvalue weighted by atomic mass is 16.5. The van der Waals surface area contributed by atoms with Gasteiger partial charge in [-0.05, 0) is 37.6 Å². The molecule has 3 nitrogen and oxygen atoms in total. The molecule has 0 spiro atoms. The third-order valence-corrected chi connectivity index (χ3v) is 4.09. The Hall–Kier alpha value is -2.00. The predicted octanol–water partition coefficient (Wildman–Crippen LogP) is 4.09. The van der Waals surface area contributed by atoms with E-state index in [2.05, 4.69) is 49.5 Å². The number of rotatable bonds is 4. The van der Waals surface area contributed by atoms with Gasteiger partial charge in [-0.2, -0.15) is 0 Å². The molecule has 0 saturated heterocycles. The molecule has 0 bridgehead atoms. The molecule has 0 radical (unpaired) electrons. The molecule has 0 amide bonds. The van der Waals surface area contributed by atoms with Gasteiger partial charge in [-0.25, -0.2) is 0 Å². The van der Waals surface area contributed by atoms with Gasteiger partial charge in [-0.1, -0.05) is 30.3 Å². The van der Waals surface area contributed by atoms with Crippen molar-refractivity contribution < 1.29 is 9.47 Å². The first-order chi connectivity index (χ1) is 10.6. The number of methoxy groups -OCH3 is 1. The first-order valence-electron chi connectivity index (χ1n) is 7.72. The summed E-state index contributed by atoms with van der Waals surface area (Å²) in [6.45, 7) is 5.12. The zero-order valence-electron chi connectivity index (χ0n) is 13.4. The largest absolute Gasteiger partial charge is 0.497 e. The van der Waals surface area contributed by atoms with Crippen molar-refractivity contribution in [2.45, 2.75) is 38.5 Å². The summed E-state index contributed by atoms with van der Waals surface area (Å²) in [5.41, 5.74) is 2.35. The minimum Gasteiger partial charge on any atom is -0.497 e. The van der Waals surface area contributed by atoms with Crippen molar-refractivity contribution in [3.8, 4) is 11.5 Å². The number of hydrogen-bond acceptors (Lipinski definition) is 3. The Morgan fingerprint density at radius 2 is 1.86 bits per heavy atom. The highest BCUT2D eigenvalue weighted by Crippen LogP contribution is 2.39. The second kappa shape index (κ2) is 6.01. The molecule has 1 unspecified atom stereocenters. The third kappa shape index (κ3) is 3.25. The van der Waals surface area contributed by atoms with E-state index >= 15 is 0 Å². The van der Waals surface area contributed by atoms with E-state index in [1.807, 2.05) is 18.2 Å². The van der Waals surface area contributed by atoms with Crippen LogP contribution in [-0.2, 0) is 6.54 Å². The molecular formula is C19H23NO2. The van der Waals surface area contributed by atoms with E-state index in [-0.39, 0.29) is 5.60 Å². The van der Waals surface area contributed by atoms with E-state index in [0.717, 1.165) is 24.5 Å². The smallest absolute Gasteiger partial charge is 0.124 e. The Bertz CT molecular complexity index is 634. The van der Waals surface area contributed by atoms with E-state index in [9.17, 15) is 0 Å². The van der Waals surface area contributed by atoms with E-state index in [1.165, 1.54) is 11.1 Å². The lowest BCUT2D eigenvalue weighted by Crippen LogP contribution is -2.39. The maximum atomic E-state index is 6.08. The second-order valence-corrected chi connectivity index (χ2v) is 6.39. The van der Waals surface area contributed by atoms with Gasteiger partial charge in [0.25, 0.3) is 0 Å². The van der Waals surface area contributed by atoms with Crippen molar-refractivity contribution in [1.82, 2.24) is 5.32 Å². The second-order valence-electron chi connectivity index (χ2n) is 6.39. The molecule has 1 heterocycles. The molecular weight excluding hydrogens is 274 g/mol. The van der Waals surface area contributed by atoms with Crippen LogP contribution in [0.5, 0.6) is 11.5 Å². The van der Waals surface area contributed by atoms with Gasteiger partial charge in [0, 0.05) is 24.6 Å². The molecule has 0 fully saturated rings.